The predicted octanol–water partition coefficient (Wildman–Crippen LogP) is 4.31. The summed E-state index contributed by atoms with van der Waals surface area (Å²) in [7, 11) is 0. The normalized spacial score (nSPS) is 14.8. The van der Waals surface area contributed by atoms with Crippen LogP contribution in [0.1, 0.15) is 31.9 Å². The number of thiazole rings is 1. The average molecular weight is 376 g/mol. The highest BCUT2D eigenvalue weighted by molar-refractivity contribution is 8.00. The van der Waals surface area contributed by atoms with Gasteiger partial charge in [-0.15, -0.1) is 23.1 Å². The van der Waals surface area contributed by atoms with Crippen LogP contribution in [0.3, 0.4) is 0 Å². The SMILES string of the molecule is CCC(Sc1cccc(NC(=O)C2CC2)c1)C(=O)Nc1nc(C)cs1. The molecule has 1 atom stereocenters. The molecule has 1 aliphatic carbocycles. The van der Waals surface area contributed by atoms with E-state index in [0.29, 0.717) is 11.6 Å². The molecular formula is C18H21N3O2S2. The van der Waals surface area contributed by atoms with E-state index in [9.17, 15) is 9.59 Å². The van der Waals surface area contributed by atoms with Crippen LogP contribution in [0.15, 0.2) is 34.5 Å². The highest BCUT2D eigenvalue weighted by Crippen LogP contribution is 2.32. The highest BCUT2D eigenvalue weighted by atomic mass is 32.2. The molecule has 1 fully saturated rings. The van der Waals surface area contributed by atoms with E-state index in [4.69, 9.17) is 0 Å². The van der Waals surface area contributed by atoms with Crippen LogP contribution in [-0.4, -0.2) is 22.0 Å². The monoisotopic (exact) mass is 375 g/mol. The van der Waals surface area contributed by atoms with E-state index >= 15 is 0 Å². The minimum Gasteiger partial charge on any atom is -0.326 e. The van der Waals surface area contributed by atoms with Gasteiger partial charge in [-0.3, -0.25) is 9.59 Å². The fourth-order valence-electron chi connectivity index (χ4n) is 2.32. The van der Waals surface area contributed by atoms with Crippen LogP contribution in [0.4, 0.5) is 10.8 Å². The number of rotatable bonds is 7. The number of hydrogen-bond donors (Lipinski definition) is 2. The molecule has 3 rings (SSSR count). The van der Waals surface area contributed by atoms with Gasteiger partial charge >= 0.3 is 0 Å². The molecule has 1 heterocycles. The topological polar surface area (TPSA) is 71.1 Å². The Morgan fingerprint density at radius 1 is 1.36 bits per heavy atom. The number of thioether (sulfide) groups is 1. The van der Waals surface area contributed by atoms with Gasteiger partial charge in [-0.2, -0.15) is 0 Å². The second kappa shape index (κ2) is 8.01. The first-order chi connectivity index (χ1) is 12.0. The summed E-state index contributed by atoms with van der Waals surface area (Å²) in [6.45, 7) is 3.89. The quantitative estimate of drug-likeness (QED) is 0.708. The van der Waals surface area contributed by atoms with E-state index < -0.39 is 0 Å². The summed E-state index contributed by atoms with van der Waals surface area (Å²) in [5.74, 6) is 0.215. The van der Waals surface area contributed by atoms with Crippen molar-refractivity contribution in [2.45, 2.75) is 43.3 Å². The Hall–Kier alpha value is -1.86. The van der Waals surface area contributed by atoms with Gasteiger partial charge in [0.1, 0.15) is 0 Å². The first-order valence-electron chi connectivity index (χ1n) is 8.35. The van der Waals surface area contributed by atoms with Gasteiger partial charge in [0.05, 0.1) is 10.9 Å². The van der Waals surface area contributed by atoms with Crippen molar-refractivity contribution in [1.82, 2.24) is 4.98 Å². The fourth-order valence-corrected chi connectivity index (χ4v) is 4.03. The minimum absolute atomic E-state index is 0.0470. The Kier molecular flexibility index (Phi) is 5.75. The molecular weight excluding hydrogens is 354 g/mol. The number of benzene rings is 1. The van der Waals surface area contributed by atoms with Crippen molar-refractivity contribution >= 4 is 45.7 Å². The van der Waals surface area contributed by atoms with Crippen molar-refractivity contribution < 1.29 is 9.59 Å². The lowest BCUT2D eigenvalue weighted by atomic mass is 10.3. The molecule has 2 N–H and O–H groups in total. The number of anilines is 2. The van der Waals surface area contributed by atoms with E-state index in [1.54, 1.807) is 0 Å². The molecule has 1 aromatic carbocycles. The van der Waals surface area contributed by atoms with E-state index in [2.05, 4.69) is 15.6 Å². The molecule has 25 heavy (non-hydrogen) atoms. The number of hydrogen-bond acceptors (Lipinski definition) is 5. The summed E-state index contributed by atoms with van der Waals surface area (Å²) in [6, 6.07) is 7.67. The molecule has 1 unspecified atom stereocenters. The molecule has 7 heteroatoms. The van der Waals surface area contributed by atoms with Gasteiger partial charge in [0, 0.05) is 21.9 Å². The zero-order valence-corrected chi connectivity index (χ0v) is 15.9. The van der Waals surface area contributed by atoms with Crippen LogP contribution in [0.25, 0.3) is 0 Å². The van der Waals surface area contributed by atoms with E-state index in [-0.39, 0.29) is 23.0 Å². The number of carbonyl (C=O) groups excluding carboxylic acids is 2. The van der Waals surface area contributed by atoms with Crippen molar-refractivity contribution in [2.24, 2.45) is 5.92 Å². The lowest BCUT2D eigenvalue weighted by molar-refractivity contribution is -0.117. The molecule has 2 amide bonds. The Morgan fingerprint density at radius 3 is 2.80 bits per heavy atom. The molecule has 5 nitrogen and oxygen atoms in total. The van der Waals surface area contributed by atoms with E-state index in [0.717, 1.165) is 29.1 Å². The molecule has 0 saturated heterocycles. The maximum Gasteiger partial charge on any atom is 0.239 e. The van der Waals surface area contributed by atoms with Gasteiger partial charge in [-0.1, -0.05) is 13.0 Å². The summed E-state index contributed by atoms with van der Waals surface area (Å²) in [5.41, 5.74) is 1.69. The Balaban J connectivity index is 1.62. The lowest BCUT2D eigenvalue weighted by Crippen LogP contribution is -2.24. The molecule has 0 bridgehead atoms. The van der Waals surface area contributed by atoms with Crippen LogP contribution < -0.4 is 10.6 Å². The molecule has 0 aliphatic heterocycles. The summed E-state index contributed by atoms with van der Waals surface area (Å²) in [4.78, 5) is 29.6. The van der Waals surface area contributed by atoms with E-state index in [1.807, 2.05) is 43.5 Å². The maximum absolute atomic E-state index is 12.5. The first-order valence-corrected chi connectivity index (χ1v) is 10.1. The first kappa shape index (κ1) is 17.9. The average Bonchev–Trinajstić information content (AvgIpc) is 3.36. The van der Waals surface area contributed by atoms with Crippen LogP contribution in [-0.2, 0) is 9.59 Å². The summed E-state index contributed by atoms with van der Waals surface area (Å²) in [5, 5.41) is 8.16. The number of carbonyl (C=O) groups is 2. The predicted molar refractivity (Wildman–Crippen MR) is 103 cm³/mol. The van der Waals surface area contributed by atoms with Gasteiger partial charge in [-0.05, 0) is 44.4 Å². The minimum atomic E-state index is -0.210. The van der Waals surface area contributed by atoms with Crippen molar-refractivity contribution in [2.75, 3.05) is 10.6 Å². The second-order valence-electron chi connectivity index (χ2n) is 6.09. The van der Waals surface area contributed by atoms with Crippen LogP contribution in [0.2, 0.25) is 0 Å². The van der Waals surface area contributed by atoms with Crippen molar-refractivity contribution in [3.05, 3.63) is 35.3 Å². The van der Waals surface area contributed by atoms with Gasteiger partial charge in [0.2, 0.25) is 11.8 Å². The fraction of sp³-hybridized carbons (Fsp3) is 0.389. The largest absolute Gasteiger partial charge is 0.326 e. The number of amides is 2. The van der Waals surface area contributed by atoms with Gasteiger partial charge in [-0.25, -0.2) is 4.98 Å². The van der Waals surface area contributed by atoms with Gasteiger partial charge in [0.15, 0.2) is 5.13 Å². The Bertz CT molecular complexity index is 771. The maximum atomic E-state index is 12.5. The molecule has 1 aromatic heterocycles. The smallest absolute Gasteiger partial charge is 0.239 e. The van der Waals surface area contributed by atoms with Crippen LogP contribution in [0.5, 0.6) is 0 Å². The number of aromatic nitrogens is 1. The van der Waals surface area contributed by atoms with Crippen LogP contribution >= 0.6 is 23.1 Å². The Labute approximate surface area is 155 Å². The summed E-state index contributed by atoms with van der Waals surface area (Å²) >= 11 is 2.93. The van der Waals surface area contributed by atoms with Gasteiger partial charge in [0.25, 0.3) is 0 Å². The second-order valence-corrected chi connectivity index (χ2v) is 8.22. The van der Waals surface area contributed by atoms with Crippen LogP contribution in [0, 0.1) is 12.8 Å². The third-order valence-corrected chi connectivity index (χ3v) is 6.07. The van der Waals surface area contributed by atoms with Crippen molar-refractivity contribution in [3.63, 3.8) is 0 Å². The highest BCUT2D eigenvalue weighted by Gasteiger charge is 2.29. The lowest BCUT2D eigenvalue weighted by Gasteiger charge is -2.14. The number of aryl methyl sites for hydroxylation is 1. The zero-order valence-electron chi connectivity index (χ0n) is 14.2. The molecule has 1 aliphatic rings. The van der Waals surface area contributed by atoms with E-state index in [1.165, 1.54) is 23.1 Å². The van der Waals surface area contributed by atoms with Crippen molar-refractivity contribution in [1.29, 1.82) is 0 Å². The molecule has 2 aromatic rings. The number of nitrogens with zero attached hydrogens (tertiary/aromatic N) is 1. The Morgan fingerprint density at radius 2 is 2.16 bits per heavy atom. The summed E-state index contributed by atoms with van der Waals surface area (Å²) in [6.07, 6.45) is 2.67. The van der Waals surface area contributed by atoms with Crippen molar-refractivity contribution in [3.8, 4) is 0 Å². The summed E-state index contributed by atoms with van der Waals surface area (Å²) < 4.78 is 0. The standard InChI is InChI=1S/C18H21N3O2S2/c1-3-15(17(23)21-18-19-11(2)10-24-18)25-14-6-4-5-13(9-14)20-16(22)12-7-8-12/h4-6,9-10,12,15H,3,7-8H2,1-2H3,(H,20,22)(H,19,21,23). The third-order valence-electron chi connectivity index (χ3n) is 3.84. The third kappa shape index (κ3) is 5.06. The zero-order chi connectivity index (χ0) is 17.8. The van der Waals surface area contributed by atoms with Gasteiger partial charge < -0.3 is 10.6 Å². The molecule has 0 spiro atoms. The molecule has 1 saturated carbocycles. The molecule has 0 radical (unpaired) electrons. The number of nitrogens with one attached hydrogen (secondary N) is 2. The molecule has 132 valence electrons.